The molecule has 24 nitrogen and oxygen atoms in total. The zero-order valence-electron chi connectivity index (χ0n) is 43.8. The lowest BCUT2D eigenvalue weighted by Crippen LogP contribution is -2.16. The fourth-order valence-corrected chi connectivity index (χ4v) is 4.79. The Morgan fingerprint density at radius 1 is 0.597 bits per heavy atom. The van der Waals surface area contributed by atoms with Crippen molar-refractivity contribution in [2.24, 2.45) is 5.92 Å². The van der Waals surface area contributed by atoms with Crippen molar-refractivity contribution in [2.45, 2.75) is 107 Å². The Labute approximate surface area is 451 Å². The van der Waals surface area contributed by atoms with Crippen LogP contribution in [0.15, 0.2) is 36.9 Å². The molecule has 7 aliphatic heterocycles. The van der Waals surface area contributed by atoms with Gasteiger partial charge >= 0.3 is 5.97 Å². The zero-order chi connectivity index (χ0) is 56.1. The fraction of sp³-hybridized carbons (Fsp3) is 0.679. The standard InChI is InChI=1S/C10H15NO3.C10H9NO2.C8H10N2O2.C7H11NO2.C6H7NO3.2C6H9NO2/c1-2-3-12-5-9(4-11)6-13-7-10-8-14-10;11-5-8-3-1-2-4-10(8)13-7-9-6-12-9;9-3-1-7(2-4-10)11-5-8-6-12-8;1-6(2-3-8)9-4-7-5-10-7;7-2-1-6(8)10-4-5-3-9-5;1-5(2-7)8-3-6-4-9-6;7-2-1-3-8-4-6-5-9-6/h2,9-10H,1,3,5-8H2;1-4,9H,6-7H2;7-8H,1-2,5-6H2;6-7H,2,4-5H2,1H3;5H,1,3-4H2;5-6H,3-4H2,1H3;6H,1,3-5H2. The Morgan fingerprint density at radius 2 is 1.09 bits per heavy atom. The van der Waals surface area contributed by atoms with Crippen LogP contribution in [0.5, 0.6) is 5.75 Å². The molecule has 0 amide bonds. The Kier molecular flexibility index (Phi) is 37.9. The monoisotopic (exact) mass is 1070 g/mol. The second-order valence-electron chi connectivity index (χ2n) is 17.1. The molecule has 24 heteroatoms. The number of ether oxygens (including phenoxy) is 15. The van der Waals surface area contributed by atoms with Gasteiger partial charge in [-0.05, 0) is 26.0 Å². The van der Waals surface area contributed by atoms with Crippen molar-refractivity contribution in [3.63, 3.8) is 0 Å². The number of rotatable bonds is 30. The molecule has 77 heavy (non-hydrogen) atoms. The van der Waals surface area contributed by atoms with Gasteiger partial charge in [0.05, 0.1) is 198 Å². The minimum Gasteiger partial charge on any atom is -0.489 e. The van der Waals surface area contributed by atoms with E-state index in [1.54, 1.807) is 31.2 Å². The minimum absolute atomic E-state index is 0.0502. The highest BCUT2D eigenvalue weighted by Crippen LogP contribution is 2.19. The maximum absolute atomic E-state index is 10.5. The van der Waals surface area contributed by atoms with Gasteiger partial charge in [-0.25, -0.2) is 0 Å². The molecule has 10 unspecified atom stereocenters. The van der Waals surface area contributed by atoms with Crippen LogP contribution in [0.25, 0.3) is 0 Å². The average molecular weight is 1080 g/mol. The molecule has 1 aromatic carbocycles. The Hall–Kier alpha value is -6.37. The van der Waals surface area contributed by atoms with Gasteiger partial charge in [0.1, 0.15) is 80.3 Å². The first kappa shape index (κ1) is 66.7. The van der Waals surface area contributed by atoms with E-state index in [-0.39, 0.29) is 74.0 Å². The normalized spacial score (nSPS) is 22.1. The van der Waals surface area contributed by atoms with Crippen molar-refractivity contribution in [3.05, 3.63) is 42.5 Å². The molecule has 10 atom stereocenters. The van der Waals surface area contributed by atoms with Crippen molar-refractivity contribution in [1.29, 1.82) is 42.1 Å². The van der Waals surface area contributed by atoms with E-state index in [0.717, 1.165) is 39.6 Å². The summed E-state index contributed by atoms with van der Waals surface area (Å²) in [4.78, 5) is 10.5. The fourth-order valence-electron chi connectivity index (χ4n) is 4.79. The summed E-state index contributed by atoms with van der Waals surface area (Å²) in [7, 11) is 0. The van der Waals surface area contributed by atoms with Gasteiger partial charge in [0.25, 0.3) is 0 Å². The molecule has 7 aliphatic rings. The molecule has 0 aromatic heterocycles. The van der Waals surface area contributed by atoms with Gasteiger partial charge in [0, 0.05) is 0 Å². The molecule has 7 fully saturated rings. The van der Waals surface area contributed by atoms with E-state index in [1.807, 2.05) is 49.4 Å². The summed E-state index contributed by atoms with van der Waals surface area (Å²) in [6.07, 6.45) is 4.15. The number of para-hydroxylation sites is 1. The molecule has 418 valence electrons. The zero-order valence-corrected chi connectivity index (χ0v) is 43.8. The van der Waals surface area contributed by atoms with Crippen LogP contribution >= 0.6 is 0 Å². The van der Waals surface area contributed by atoms with Crippen LogP contribution in [-0.2, 0) is 71.1 Å². The number of nitrogens with zero attached hydrogens (tertiary/aromatic N) is 8. The van der Waals surface area contributed by atoms with Crippen LogP contribution < -0.4 is 4.74 Å². The number of hydrogen-bond acceptors (Lipinski definition) is 24. The quantitative estimate of drug-likeness (QED) is 0.0457. The molecule has 0 saturated carbocycles. The molecular weight excluding hydrogens is 1000 g/mol. The van der Waals surface area contributed by atoms with Crippen LogP contribution in [-0.4, -0.2) is 186 Å². The SMILES string of the molecule is C=CCOCC(C#N)COCC1CO1.CC(C#N)OCC1CO1.CC(CC#N)OCC1CO1.N#CCC(=O)OCC1CO1.N#CCC(CC#N)OCC1CO1.N#CCCOCC1CO1.N#Cc1ccccc1OCC1CO1. The third-order valence-electron chi connectivity index (χ3n) is 9.74. The molecule has 1 aromatic rings. The highest BCUT2D eigenvalue weighted by molar-refractivity contribution is 5.71. The lowest BCUT2D eigenvalue weighted by atomic mass is 10.2. The third-order valence-corrected chi connectivity index (χ3v) is 9.74. The van der Waals surface area contributed by atoms with Gasteiger partial charge in [-0.2, -0.15) is 42.1 Å². The summed E-state index contributed by atoms with van der Waals surface area (Å²) in [6, 6.07) is 23.1. The van der Waals surface area contributed by atoms with Crippen LogP contribution in [0.4, 0.5) is 0 Å². The second-order valence-corrected chi connectivity index (χ2v) is 17.1. The summed E-state index contributed by atoms with van der Waals surface area (Å²) in [5.41, 5.74) is 0.572. The van der Waals surface area contributed by atoms with E-state index >= 15 is 0 Å². The lowest BCUT2D eigenvalue weighted by Gasteiger charge is -2.09. The summed E-state index contributed by atoms with van der Waals surface area (Å²) >= 11 is 0. The van der Waals surface area contributed by atoms with Crippen LogP contribution in [0.2, 0.25) is 0 Å². The summed E-state index contributed by atoms with van der Waals surface area (Å²) in [5.74, 6) is -0.0350. The van der Waals surface area contributed by atoms with Gasteiger partial charge in [0.15, 0.2) is 0 Å². The molecular formula is C53H70N8O16. The Morgan fingerprint density at radius 3 is 1.58 bits per heavy atom. The van der Waals surface area contributed by atoms with E-state index in [2.05, 4.69) is 23.5 Å². The van der Waals surface area contributed by atoms with Crippen molar-refractivity contribution in [2.75, 3.05) is 119 Å². The van der Waals surface area contributed by atoms with Crippen LogP contribution in [0.1, 0.15) is 51.5 Å². The van der Waals surface area contributed by atoms with E-state index < -0.39 is 5.97 Å². The van der Waals surface area contributed by atoms with E-state index in [4.69, 9.17) is 108 Å². The first-order chi connectivity index (χ1) is 37.5. The van der Waals surface area contributed by atoms with Crippen molar-refractivity contribution in [1.82, 2.24) is 0 Å². The van der Waals surface area contributed by atoms with E-state index in [0.29, 0.717) is 116 Å². The molecule has 0 aliphatic carbocycles. The highest BCUT2D eigenvalue weighted by Gasteiger charge is 2.27. The molecule has 7 heterocycles. The predicted molar refractivity (Wildman–Crippen MR) is 265 cm³/mol. The van der Waals surface area contributed by atoms with Gasteiger partial charge < -0.3 is 71.1 Å². The molecule has 0 radical (unpaired) electrons. The first-order valence-corrected chi connectivity index (χ1v) is 25.0. The molecule has 8 rings (SSSR count). The number of nitriles is 8. The second kappa shape index (κ2) is 43.7. The number of epoxide rings is 7. The van der Waals surface area contributed by atoms with Gasteiger partial charge in [0.2, 0.25) is 0 Å². The van der Waals surface area contributed by atoms with E-state index in [1.165, 1.54) is 0 Å². The molecule has 7 saturated heterocycles. The Balaban J connectivity index is 0.000000309. The number of esters is 1. The number of carbonyl (C=O) groups is 1. The molecule has 0 bridgehead atoms. The lowest BCUT2D eigenvalue weighted by molar-refractivity contribution is -0.142. The third kappa shape index (κ3) is 43.4. The topological polar surface area (TPSA) is 369 Å². The number of benzene rings is 1. The maximum atomic E-state index is 10.5. The number of hydrogen-bond donors (Lipinski definition) is 0. The highest BCUT2D eigenvalue weighted by atomic mass is 16.6. The summed E-state index contributed by atoms with van der Waals surface area (Å²) in [6.45, 7) is 18.1. The van der Waals surface area contributed by atoms with Crippen molar-refractivity contribution >= 4 is 5.97 Å². The van der Waals surface area contributed by atoms with Crippen molar-refractivity contribution in [3.8, 4) is 54.3 Å². The average Bonchev–Trinajstić information content (AvgIpc) is 4.23. The number of carbonyl (C=O) groups excluding carboxylic acids is 1. The summed E-state index contributed by atoms with van der Waals surface area (Å²) < 4.78 is 75.4. The predicted octanol–water partition coefficient (Wildman–Crippen LogP) is 3.85. The maximum Gasteiger partial charge on any atom is 0.320 e. The minimum atomic E-state index is -0.474. The largest absolute Gasteiger partial charge is 0.489 e. The van der Waals surface area contributed by atoms with Crippen LogP contribution in [0.3, 0.4) is 0 Å². The summed E-state index contributed by atoms with van der Waals surface area (Å²) in [5, 5.41) is 66.9. The van der Waals surface area contributed by atoms with E-state index in [9.17, 15) is 4.79 Å². The first-order valence-electron chi connectivity index (χ1n) is 25.0. The molecule has 0 spiro atoms. The smallest absolute Gasteiger partial charge is 0.320 e. The van der Waals surface area contributed by atoms with Gasteiger partial charge in [-0.3, -0.25) is 4.79 Å². The van der Waals surface area contributed by atoms with Crippen molar-refractivity contribution < 1.29 is 75.8 Å². The Bertz CT molecular complexity index is 2110. The van der Waals surface area contributed by atoms with Gasteiger partial charge in [-0.1, -0.05) is 18.2 Å². The van der Waals surface area contributed by atoms with Gasteiger partial charge in [-0.15, -0.1) is 6.58 Å². The van der Waals surface area contributed by atoms with Crippen LogP contribution in [0, 0.1) is 96.6 Å². The molecule has 0 N–H and O–H groups in total.